The first-order valence-corrected chi connectivity index (χ1v) is 7.40. The predicted molar refractivity (Wildman–Crippen MR) is 80.0 cm³/mol. The van der Waals surface area contributed by atoms with Crippen molar-refractivity contribution in [3.05, 3.63) is 0 Å². The molecule has 0 spiro atoms. The van der Waals surface area contributed by atoms with E-state index in [0.29, 0.717) is 6.54 Å². The van der Waals surface area contributed by atoms with E-state index in [1.807, 2.05) is 0 Å². The van der Waals surface area contributed by atoms with Gasteiger partial charge in [-0.3, -0.25) is 14.9 Å². The van der Waals surface area contributed by atoms with Crippen molar-refractivity contribution in [1.82, 2.24) is 15.5 Å². The lowest BCUT2D eigenvalue weighted by Crippen LogP contribution is -2.41. The van der Waals surface area contributed by atoms with E-state index in [4.69, 9.17) is 5.11 Å². The van der Waals surface area contributed by atoms with Crippen LogP contribution in [0, 0.1) is 5.92 Å². The van der Waals surface area contributed by atoms with Gasteiger partial charge in [0.25, 0.3) is 0 Å². The molecule has 0 aromatic rings. The number of nitrogens with zero attached hydrogens (tertiary/aromatic N) is 1. The summed E-state index contributed by atoms with van der Waals surface area (Å²) in [5.74, 6) is -1.70. The Hall–Kier alpha value is -1.63. The SMILES string of the molecule is CCN(CC)CCCNC(=O)NC(=O)CC(C)CC(=O)O. The standard InChI is InChI=1S/C14H27N3O4/c1-4-17(5-2)8-6-7-15-14(21)16-12(18)9-11(3)10-13(19)20/h11H,4-10H2,1-3H3,(H,19,20)(H2,15,16,18,21). The van der Waals surface area contributed by atoms with Gasteiger partial charge < -0.3 is 15.3 Å². The predicted octanol–water partition coefficient (Wildman–Crippen LogP) is 1.05. The van der Waals surface area contributed by atoms with Crippen LogP contribution in [0.2, 0.25) is 0 Å². The summed E-state index contributed by atoms with van der Waals surface area (Å²) in [5.41, 5.74) is 0. The Kier molecular flexibility index (Phi) is 10.2. The first-order chi connectivity index (χ1) is 9.88. The quantitative estimate of drug-likeness (QED) is 0.524. The summed E-state index contributed by atoms with van der Waals surface area (Å²) in [7, 11) is 0. The third-order valence-corrected chi connectivity index (χ3v) is 3.14. The van der Waals surface area contributed by atoms with Gasteiger partial charge in [-0.15, -0.1) is 0 Å². The molecule has 0 aromatic heterocycles. The molecule has 0 fully saturated rings. The van der Waals surface area contributed by atoms with E-state index in [0.717, 1.165) is 26.1 Å². The Balaban J connectivity index is 3.78. The fourth-order valence-electron chi connectivity index (χ4n) is 1.95. The summed E-state index contributed by atoms with van der Waals surface area (Å²) in [4.78, 5) is 35.7. The van der Waals surface area contributed by atoms with Crippen molar-refractivity contribution in [3.8, 4) is 0 Å². The summed E-state index contributed by atoms with van der Waals surface area (Å²) >= 11 is 0. The molecule has 122 valence electrons. The number of hydrogen-bond acceptors (Lipinski definition) is 4. The number of urea groups is 1. The molecule has 0 aliphatic heterocycles. The largest absolute Gasteiger partial charge is 0.481 e. The number of carboxylic acid groups (broad SMARTS) is 1. The van der Waals surface area contributed by atoms with Crippen molar-refractivity contribution >= 4 is 17.9 Å². The fraction of sp³-hybridized carbons (Fsp3) is 0.786. The zero-order chi connectivity index (χ0) is 16.3. The molecular weight excluding hydrogens is 274 g/mol. The number of aliphatic carboxylic acids is 1. The Bertz CT molecular complexity index is 343. The maximum absolute atomic E-state index is 11.5. The number of rotatable bonds is 10. The molecule has 7 heteroatoms. The number of nitrogens with one attached hydrogen (secondary N) is 2. The van der Waals surface area contributed by atoms with Crippen LogP contribution in [0.4, 0.5) is 4.79 Å². The fourth-order valence-corrected chi connectivity index (χ4v) is 1.95. The molecule has 0 radical (unpaired) electrons. The van der Waals surface area contributed by atoms with E-state index in [2.05, 4.69) is 29.4 Å². The van der Waals surface area contributed by atoms with E-state index in [9.17, 15) is 14.4 Å². The van der Waals surface area contributed by atoms with Gasteiger partial charge in [-0.2, -0.15) is 0 Å². The van der Waals surface area contributed by atoms with Gasteiger partial charge >= 0.3 is 12.0 Å². The van der Waals surface area contributed by atoms with Gasteiger partial charge in [0.2, 0.25) is 5.91 Å². The van der Waals surface area contributed by atoms with Crippen molar-refractivity contribution in [2.45, 2.75) is 40.0 Å². The van der Waals surface area contributed by atoms with Crippen molar-refractivity contribution in [3.63, 3.8) is 0 Å². The van der Waals surface area contributed by atoms with E-state index in [1.165, 1.54) is 0 Å². The Morgan fingerprint density at radius 1 is 1.14 bits per heavy atom. The Morgan fingerprint density at radius 2 is 1.76 bits per heavy atom. The first kappa shape index (κ1) is 19.4. The average molecular weight is 301 g/mol. The molecule has 3 amide bonds. The normalized spacial score (nSPS) is 12.0. The van der Waals surface area contributed by atoms with Crippen LogP contribution in [-0.2, 0) is 9.59 Å². The molecule has 0 heterocycles. The van der Waals surface area contributed by atoms with Crippen LogP contribution in [0.3, 0.4) is 0 Å². The van der Waals surface area contributed by atoms with E-state index in [-0.39, 0.29) is 18.8 Å². The molecule has 0 aliphatic carbocycles. The summed E-state index contributed by atoms with van der Waals surface area (Å²) in [6, 6.07) is -0.526. The van der Waals surface area contributed by atoms with Gasteiger partial charge in [0, 0.05) is 19.4 Å². The number of imide groups is 1. The molecular formula is C14H27N3O4. The molecule has 0 rings (SSSR count). The van der Waals surface area contributed by atoms with E-state index >= 15 is 0 Å². The first-order valence-electron chi connectivity index (χ1n) is 7.40. The lowest BCUT2D eigenvalue weighted by molar-refractivity contribution is -0.138. The van der Waals surface area contributed by atoms with Crippen molar-refractivity contribution in [2.24, 2.45) is 5.92 Å². The maximum atomic E-state index is 11.5. The summed E-state index contributed by atoms with van der Waals surface area (Å²) in [5, 5.41) is 13.4. The lowest BCUT2D eigenvalue weighted by Gasteiger charge is -2.17. The van der Waals surface area contributed by atoms with Crippen molar-refractivity contribution in [2.75, 3.05) is 26.2 Å². The molecule has 0 aromatic carbocycles. The summed E-state index contributed by atoms with van der Waals surface area (Å²) in [6.45, 7) is 9.18. The third kappa shape index (κ3) is 10.8. The minimum absolute atomic E-state index is 0.0270. The highest BCUT2D eigenvalue weighted by Gasteiger charge is 2.14. The van der Waals surface area contributed by atoms with Gasteiger partial charge in [0.1, 0.15) is 0 Å². The van der Waals surface area contributed by atoms with Crippen LogP contribution in [0.25, 0.3) is 0 Å². The number of hydrogen-bond donors (Lipinski definition) is 3. The molecule has 1 atom stereocenters. The van der Waals surface area contributed by atoms with Crippen molar-refractivity contribution < 1.29 is 19.5 Å². The van der Waals surface area contributed by atoms with Crippen LogP contribution in [0.1, 0.15) is 40.0 Å². The monoisotopic (exact) mass is 301 g/mol. The average Bonchev–Trinajstić information content (AvgIpc) is 2.37. The number of carbonyl (C=O) groups excluding carboxylic acids is 2. The highest BCUT2D eigenvalue weighted by Crippen LogP contribution is 2.06. The van der Waals surface area contributed by atoms with Crippen LogP contribution in [0.5, 0.6) is 0 Å². The Morgan fingerprint density at radius 3 is 2.29 bits per heavy atom. The minimum Gasteiger partial charge on any atom is -0.481 e. The molecule has 1 unspecified atom stereocenters. The minimum atomic E-state index is -0.948. The highest BCUT2D eigenvalue weighted by molar-refractivity contribution is 5.94. The molecule has 7 nitrogen and oxygen atoms in total. The second-order valence-corrected chi connectivity index (χ2v) is 5.09. The number of amides is 3. The molecule has 3 N–H and O–H groups in total. The lowest BCUT2D eigenvalue weighted by atomic mass is 10.0. The molecule has 21 heavy (non-hydrogen) atoms. The maximum Gasteiger partial charge on any atom is 0.321 e. The van der Waals surface area contributed by atoms with Crippen LogP contribution < -0.4 is 10.6 Å². The second-order valence-electron chi connectivity index (χ2n) is 5.09. The van der Waals surface area contributed by atoms with Crippen molar-refractivity contribution in [1.29, 1.82) is 0 Å². The smallest absolute Gasteiger partial charge is 0.321 e. The summed E-state index contributed by atoms with van der Waals surface area (Å²) in [6.07, 6.45) is 0.761. The molecule has 0 saturated heterocycles. The van der Waals surface area contributed by atoms with E-state index in [1.54, 1.807) is 6.92 Å². The Labute approximate surface area is 126 Å². The summed E-state index contributed by atoms with van der Waals surface area (Å²) < 4.78 is 0. The van der Waals surface area contributed by atoms with Crippen LogP contribution in [-0.4, -0.2) is 54.1 Å². The van der Waals surface area contributed by atoms with Crippen LogP contribution >= 0.6 is 0 Å². The van der Waals surface area contributed by atoms with Gasteiger partial charge in [0.15, 0.2) is 0 Å². The topological polar surface area (TPSA) is 98.7 Å². The highest BCUT2D eigenvalue weighted by atomic mass is 16.4. The van der Waals surface area contributed by atoms with Crippen LogP contribution in [0.15, 0.2) is 0 Å². The van der Waals surface area contributed by atoms with E-state index < -0.39 is 17.9 Å². The van der Waals surface area contributed by atoms with Gasteiger partial charge in [-0.1, -0.05) is 20.8 Å². The zero-order valence-corrected chi connectivity index (χ0v) is 13.1. The molecule has 0 saturated carbocycles. The van der Waals surface area contributed by atoms with Gasteiger partial charge in [-0.05, 0) is 32.0 Å². The number of carbonyl (C=O) groups is 3. The van der Waals surface area contributed by atoms with Gasteiger partial charge in [0.05, 0.1) is 0 Å². The second kappa shape index (κ2) is 11.1. The number of carboxylic acids is 1. The zero-order valence-electron chi connectivity index (χ0n) is 13.1. The molecule has 0 bridgehead atoms. The third-order valence-electron chi connectivity index (χ3n) is 3.14. The van der Waals surface area contributed by atoms with Gasteiger partial charge in [-0.25, -0.2) is 4.79 Å². The molecule has 0 aliphatic rings.